The lowest BCUT2D eigenvalue weighted by Crippen LogP contribution is -2.13. The number of amides is 1. The average molecular weight is 253 g/mol. The van der Waals surface area contributed by atoms with Crippen molar-refractivity contribution in [2.45, 2.75) is 26.0 Å². The van der Waals surface area contributed by atoms with Gasteiger partial charge in [-0.25, -0.2) is 0 Å². The van der Waals surface area contributed by atoms with Crippen molar-refractivity contribution in [3.8, 4) is 0 Å². The summed E-state index contributed by atoms with van der Waals surface area (Å²) in [5, 5.41) is 2.85. The maximum Gasteiger partial charge on any atom is 0.224 e. The van der Waals surface area contributed by atoms with Crippen LogP contribution >= 0.6 is 0 Å². The minimum Gasteiger partial charge on any atom is -0.326 e. The van der Waals surface area contributed by atoms with Gasteiger partial charge in [-0.05, 0) is 23.6 Å². The van der Waals surface area contributed by atoms with Crippen molar-refractivity contribution in [2.24, 2.45) is 5.92 Å². The Morgan fingerprint density at radius 2 is 2.12 bits per heavy atom. The third-order valence-electron chi connectivity index (χ3n) is 2.17. The average Bonchev–Trinajstić information content (AvgIpc) is 2.14. The molecule has 0 fully saturated rings. The fourth-order valence-electron chi connectivity index (χ4n) is 1.56. The third-order valence-corrected chi connectivity index (χ3v) is 2.91. The summed E-state index contributed by atoms with van der Waals surface area (Å²) in [5.41, 5.74) is 1.76. The second-order valence-electron chi connectivity index (χ2n) is 4.56. The molecule has 0 aliphatic rings. The summed E-state index contributed by atoms with van der Waals surface area (Å²) in [6.45, 7) is 4.02. The van der Waals surface area contributed by atoms with Gasteiger partial charge in [-0.1, -0.05) is 26.0 Å². The van der Waals surface area contributed by atoms with Gasteiger partial charge < -0.3 is 5.32 Å². The molecule has 1 amide bonds. The van der Waals surface area contributed by atoms with E-state index in [0.717, 1.165) is 11.3 Å². The van der Waals surface area contributed by atoms with Gasteiger partial charge in [-0.15, -0.1) is 0 Å². The SMILES string of the molecule is CC(C)CC(=O)Nc1cccc(CS(C)=O)c1. The number of nitrogens with one attached hydrogen (secondary N) is 1. The van der Waals surface area contributed by atoms with Crippen LogP contribution in [0.4, 0.5) is 5.69 Å². The predicted molar refractivity (Wildman–Crippen MR) is 72.3 cm³/mol. The topological polar surface area (TPSA) is 46.2 Å². The van der Waals surface area contributed by atoms with E-state index < -0.39 is 10.8 Å². The molecule has 0 saturated heterocycles. The molecular formula is C13H19NO2S. The van der Waals surface area contributed by atoms with Gasteiger partial charge in [-0.3, -0.25) is 9.00 Å². The Morgan fingerprint density at radius 1 is 1.41 bits per heavy atom. The summed E-state index contributed by atoms with van der Waals surface area (Å²) in [6, 6.07) is 7.51. The van der Waals surface area contributed by atoms with Gasteiger partial charge in [-0.2, -0.15) is 0 Å². The fourth-order valence-corrected chi connectivity index (χ4v) is 2.21. The molecule has 3 nitrogen and oxygen atoms in total. The lowest BCUT2D eigenvalue weighted by Gasteiger charge is -2.08. The van der Waals surface area contributed by atoms with Crippen LogP contribution in [0.3, 0.4) is 0 Å². The van der Waals surface area contributed by atoms with Crippen LogP contribution in [0.1, 0.15) is 25.8 Å². The van der Waals surface area contributed by atoms with Crippen LogP contribution in [0.25, 0.3) is 0 Å². The monoisotopic (exact) mass is 253 g/mol. The minimum atomic E-state index is -0.859. The van der Waals surface area contributed by atoms with E-state index in [1.165, 1.54) is 0 Å². The number of rotatable bonds is 5. The molecule has 4 heteroatoms. The standard InChI is InChI=1S/C13H19NO2S/c1-10(2)7-13(15)14-12-6-4-5-11(8-12)9-17(3)16/h4-6,8,10H,7,9H2,1-3H3,(H,14,15). The van der Waals surface area contributed by atoms with Crippen LogP contribution in [-0.2, 0) is 21.3 Å². The first-order valence-electron chi connectivity index (χ1n) is 5.66. The molecule has 0 aliphatic heterocycles. The first kappa shape index (κ1) is 13.9. The van der Waals surface area contributed by atoms with E-state index in [0.29, 0.717) is 18.1 Å². The zero-order valence-electron chi connectivity index (χ0n) is 10.5. The van der Waals surface area contributed by atoms with Crippen molar-refractivity contribution in [1.29, 1.82) is 0 Å². The van der Waals surface area contributed by atoms with E-state index in [2.05, 4.69) is 5.32 Å². The maximum absolute atomic E-state index is 11.6. The number of carbonyl (C=O) groups excluding carboxylic acids is 1. The van der Waals surface area contributed by atoms with Crippen LogP contribution in [0.5, 0.6) is 0 Å². The number of benzene rings is 1. The zero-order chi connectivity index (χ0) is 12.8. The normalized spacial score (nSPS) is 12.5. The molecule has 0 saturated carbocycles. The Balaban J connectivity index is 2.65. The molecule has 0 radical (unpaired) electrons. The Bertz CT molecular complexity index is 416. The van der Waals surface area contributed by atoms with Crippen molar-refractivity contribution in [3.05, 3.63) is 29.8 Å². The molecule has 1 aromatic carbocycles. The molecule has 1 N–H and O–H groups in total. The van der Waals surface area contributed by atoms with E-state index in [9.17, 15) is 9.00 Å². The smallest absolute Gasteiger partial charge is 0.224 e. The molecule has 17 heavy (non-hydrogen) atoms. The van der Waals surface area contributed by atoms with Crippen molar-refractivity contribution in [2.75, 3.05) is 11.6 Å². The number of hydrogen-bond donors (Lipinski definition) is 1. The van der Waals surface area contributed by atoms with Crippen molar-refractivity contribution in [1.82, 2.24) is 0 Å². The lowest BCUT2D eigenvalue weighted by atomic mass is 10.1. The van der Waals surface area contributed by atoms with Crippen LogP contribution in [-0.4, -0.2) is 16.4 Å². The Kier molecular flexibility index (Phi) is 5.35. The molecule has 1 rings (SSSR count). The highest BCUT2D eigenvalue weighted by atomic mass is 32.2. The molecule has 94 valence electrons. The van der Waals surface area contributed by atoms with Gasteiger partial charge in [0.1, 0.15) is 0 Å². The van der Waals surface area contributed by atoms with Gasteiger partial charge in [0, 0.05) is 34.9 Å². The number of anilines is 1. The zero-order valence-corrected chi connectivity index (χ0v) is 11.3. The highest BCUT2D eigenvalue weighted by Crippen LogP contribution is 2.13. The van der Waals surface area contributed by atoms with Gasteiger partial charge in [0.05, 0.1) is 0 Å². The highest BCUT2D eigenvalue weighted by molar-refractivity contribution is 7.83. The van der Waals surface area contributed by atoms with Crippen LogP contribution in [0.2, 0.25) is 0 Å². The molecule has 0 heterocycles. The number of hydrogen-bond acceptors (Lipinski definition) is 2. The third kappa shape index (κ3) is 5.63. The van der Waals surface area contributed by atoms with E-state index in [1.807, 2.05) is 38.1 Å². The van der Waals surface area contributed by atoms with Crippen LogP contribution in [0, 0.1) is 5.92 Å². The van der Waals surface area contributed by atoms with E-state index in [1.54, 1.807) is 6.26 Å². The minimum absolute atomic E-state index is 0.0229. The summed E-state index contributed by atoms with van der Waals surface area (Å²) < 4.78 is 11.1. The lowest BCUT2D eigenvalue weighted by molar-refractivity contribution is -0.116. The van der Waals surface area contributed by atoms with Crippen LogP contribution in [0.15, 0.2) is 24.3 Å². The molecule has 0 aromatic heterocycles. The van der Waals surface area contributed by atoms with E-state index in [4.69, 9.17) is 0 Å². The van der Waals surface area contributed by atoms with Crippen molar-refractivity contribution >= 4 is 22.4 Å². The number of carbonyl (C=O) groups is 1. The molecule has 0 aliphatic carbocycles. The van der Waals surface area contributed by atoms with Gasteiger partial charge >= 0.3 is 0 Å². The largest absolute Gasteiger partial charge is 0.326 e. The van der Waals surface area contributed by atoms with Gasteiger partial charge in [0.15, 0.2) is 0 Å². The summed E-state index contributed by atoms with van der Waals surface area (Å²) in [6.07, 6.45) is 2.19. The summed E-state index contributed by atoms with van der Waals surface area (Å²) >= 11 is 0. The van der Waals surface area contributed by atoms with Crippen LogP contribution < -0.4 is 5.32 Å². The summed E-state index contributed by atoms with van der Waals surface area (Å²) in [5.74, 6) is 0.893. The molecule has 1 atom stereocenters. The fraction of sp³-hybridized carbons (Fsp3) is 0.462. The summed E-state index contributed by atoms with van der Waals surface area (Å²) in [7, 11) is -0.859. The first-order valence-corrected chi connectivity index (χ1v) is 7.39. The molecule has 1 unspecified atom stereocenters. The first-order chi connectivity index (χ1) is 7.97. The highest BCUT2D eigenvalue weighted by Gasteiger charge is 2.05. The molecule has 0 bridgehead atoms. The van der Waals surface area contributed by atoms with E-state index >= 15 is 0 Å². The Labute approximate surface area is 105 Å². The van der Waals surface area contributed by atoms with E-state index in [-0.39, 0.29) is 5.91 Å². The molecule has 1 aromatic rings. The van der Waals surface area contributed by atoms with Crippen molar-refractivity contribution in [3.63, 3.8) is 0 Å². The predicted octanol–water partition coefficient (Wildman–Crippen LogP) is 2.55. The van der Waals surface area contributed by atoms with Gasteiger partial charge in [0.2, 0.25) is 5.91 Å². The Hall–Kier alpha value is -1.16. The second-order valence-corrected chi connectivity index (χ2v) is 6.00. The second kappa shape index (κ2) is 6.55. The Morgan fingerprint density at radius 3 is 2.71 bits per heavy atom. The molecular weight excluding hydrogens is 234 g/mol. The maximum atomic E-state index is 11.6. The summed E-state index contributed by atoms with van der Waals surface area (Å²) in [4.78, 5) is 11.6. The van der Waals surface area contributed by atoms with Gasteiger partial charge in [0.25, 0.3) is 0 Å². The van der Waals surface area contributed by atoms with Crippen molar-refractivity contribution < 1.29 is 9.00 Å². The molecule has 0 spiro atoms. The quantitative estimate of drug-likeness (QED) is 0.876.